The van der Waals surface area contributed by atoms with Gasteiger partial charge in [0.1, 0.15) is 0 Å². The molecule has 4 aliphatic carbocycles. The number of rotatable bonds is 8. The van der Waals surface area contributed by atoms with E-state index in [0.717, 1.165) is 30.6 Å². The molecule has 0 radical (unpaired) electrons. The Hall–Kier alpha value is -8.46. The highest BCUT2D eigenvalue weighted by atomic mass is 15.2. The van der Waals surface area contributed by atoms with E-state index in [1.165, 1.54) is 94.7 Å². The second-order valence-corrected chi connectivity index (χ2v) is 19.4. The van der Waals surface area contributed by atoms with Gasteiger partial charge >= 0.3 is 0 Å². The summed E-state index contributed by atoms with van der Waals surface area (Å²) < 4.78 is 2.50. The molecule has 10 aromatic rings. The summed E-state index contributed by atoms with van der Waals surface area (Å²) in [4.78, 5) is 2.60. The molecule has 2 nitrogen and oxygen atoms in total. The normalized spacial score (nSPS) is 19.2. The number of hydrogen-bond acceptors (Lipinski definition) is 1. The average Bonchev–Trinajstić information content (AvgIpc) is 3.94. The SMILES string of the molecule is C1=CCC(C23c4ccccc4-c4cccc(c42)C(c2ccccc2)(c2ccccc2N(C2=Cc4c(c5ccccc5n4-c4ccc(-c5ccccc5)cc4)CC2)c2ccccc2)c2ccccc23)C=C1. The van der Waals surface area contributed by atoms with Crippen LogP contribution >= 0.6 is 0 Å². The van der Waals surface area contributed by atoms with Crippen molar-refractivity contribution in [1.29, 1.82) is 0 Å². The number of nitrogens with zero attached hydrogens (tertiary/aromatic N) is 2. The van der Waals surface area contributed by atoms with E-state index in [2.05, 4.69) is 270 Å². The smallest absolute Gasteiger partial charge is 0.0728 e. The van der Waals surface area contributed by atoms with Crippen molar-refractivity contribution >= 4 is 28.4 Å². The number of aryl methyl sites for hydroxylation is 1. The Morgan fingerprint density at radius 3 is 1.89 bits per heavy atom. The summed E-state index contributed by atoms with van der Waals surface area (Å²) in [6, 6.07) is 86.6. The first-order valence-corrected chi connectivity index (χ1v) is 24.9. The van der Waals surface area contributed by atoms with Gasteiger partial charge in [-0.25, -0.2) is 0 Å². The second-order valence-electron chi connectivity index (χ2n) is 19.4. The highest BCUT2D eigenvalue weighted by Gasteiger charge is 2.59. The van der Waals surface area contributed by atoms with Crippen molar-refractivity contribution in [3.8, 4) is 27.9 Å². The molecule has 0 N–H and O–H groups in total. The van der Waals surface area contributed by atoms with Gasteiger partial charge in [0.25, 0.3) is 0 Å². The van der Waals surface area contributed by atoms with E-state index in [4.69, 9.17) is 0 Å². The number of aromatic nitrogens is 1. The van der Waals surface area contributed by atoms with Crippen LogP contribution in [0.3, 0.4) is 0 Å². The van der Waals surface area contributed by atoms with E-state index < -0.39 is 5.41 Å². The molecule has 0 spiro atoms. The molecule has 14 rings (SSSR count). The van der Waals surface area contributed by atoms with Crippen LogP contribution in [-0.2, 0) is 17.3 Å². The van der Waals surface area contributed by atoms with Gasteiger partial charge in [0.2, 0.25) is 0 Å². The van der Waals surface area contributed by atoms with Crippen molar-refractivity contribution in [1.82, 2.24) is 4.57 Å². The van der Waals surface area contributed by atoms with Crippen LogP contribution in [-0.4, -0.2) is 4.57 Å². The predicted molar refractivity (Wildman–Crippen MR) is 290 cm³/mol. The molecule has 0 saturated carbocycles. The molecule has 1 heterocycles. The molecule has 2 heteroatoms. The van der Waals surface area contributed by atoms with Crippen LogP contribution in [0.4, 0.5) is 11.4 Å². The molecule has 332 valence electrons. The lowest BCUT2D eigenvalue weighted by atomic mass is 9.49. The van der Waals surface area contributed by atoms with Crippen LogP contribution in [0, 0.1) is 5.92 Å². The summed E-state index contributed by atoms with van der Waals surface area (Å²) in [6.07, 6.45) is 14.6. The highest BCUT2D eigenvalue weighted by Crippen LogP contribution is 2.67. The number of anilines is 2. The first-order chi connectivity index (χ1) is 34.8. The van der Waals surface area contributed by atoms with Crippen LogP contribution < -0.4 is 4.90 Å². The summed E-state index contributed by atoms with van der Waals surface area (Å²) in [5.74, 6) is 0.231. The molecule has 9 aromatic carbocycles. The molecule has 4 aliphatic rings. The lowest BCUT2D eigenvalue weighted by Crippen LogP contribution is -2.47. The zero-order chi connectivity index (χ0) is 46.2. The fourth-order valence-corrected chi connectivity index (χ4v) is 13.4. The highest BCUT2D eigenvalue weighted by molar-refractivity contribution is 5.94. The van der Waals surface area contributed by atoms with E-state index in [-0.39, 0.29) is 11.3 Å². The predicted octanol–water partition coefficient (Wildman–Crippen LogP) is 16.6. The Labute approximate surface area is 410 Å². The van der Waals surface area contributed by atoms with Gasteiger partial charge in [0, 0.05) is 22.5 Å². The number of hydrogen-bond donors (Lipinski definition) is 0. The van der Waals surface area contributed by atoms with E-state index in [1.807, 2.05) is 0 Å². The third kappa shape index (κ3) is 5.74. The van der Waals surface area contributed by atoms with E-state index in [9.17, 15) is 0 Å². The lowest BCUT2D eigenvalue weighted by Gasteiger charge is -2.52. The Morgan fingerprint density at radius 1 is 0.471 bits per heavy atom. The third-order valence-electron chi connectivity index (χ3n) is 16.0. The lowest BCUT2D eigenvalue weighted by molar-refractivity contribution is 0.431. The van der Waals surface area contributed by atoms with Crippen molar-refractivity contribution in [3.05, 3.63) is 311 Å². The Morgan fingerprint density at radius 2 is 1.10 bits per heavy atom. The molecule has 0 bridgehead atoms. The van der Waals surface area contributed by atoms with Gasteiger partial charge in [0.05, 0.1) is 27.7 Å². The summed E-state index contributed by atoms with van der Waals surface area (Å²) >= 11 is 0. The zero-order valence-electron chi connectivity index (χ0n) is 38.9. The van der Waals surface area contributed by atoms with Crippen LogP contribution in [0.25, 0.3) is 44.9 Å². The largest absolute Gasteiger partial charge is 0.314 e. The molecule has 0 fully saturated rings. The molecule has 1 aromatic heterocycles. The molecule has 70 heavy (non-hydrogen) atoms. The first kappa shape index (κ1) is 40.6. The number of fused-ring (bicyclic) bond motifs is 8. The minimum absolute atomic E-state index is 0.231. The van der Waals surface area contributed by atoms with Gasteiger partial charge in [-0.2, -0.15) is 0 Å². The average molecular weight is 895 g/mol. The Kier molecular flexibility index (Phi) is 9.32. The van der Waals surface area contributed by atoms with Gasteiger partial charge in [-0.1, -0.05) is 218 Å². The molecule has 0 saturated heterocycles. The second kappa shape index (κ2) is 16.1. The van der Waals surface area contributed by atoms with Crippen molar-refractivity contribution in [3.63, 3.8) is 0 Å². The molecule has 3 unspecified atom stereocenters. The number of para-hydroxylation sites is 3. The van der Waals surface area contributed by atoms with E-state index in [1.54, 1.807) is 0 Å². The van der Waals surface area contributed by atoms with E-state index >= 15 is 0 Å². The van der Waals surface area contributed by atoms with Gasteiger partial charge in [-0.15, -0.1) is 0 Å². The van der Waals surface area contributed by atoms with Crippen LogP contribution in [0.2, 0.25) is 0 Å². The van der Waals surface area contributed by atoms with Crippen LogP contribution in [0.5, 0.6) is 0 Å². The number of allylic oxidation sites excluding steroid dienone is 5. The fraction of sp³-hybridized carbons (Fsp3) is 0.0882. The molecular weight excluding hydrogens is 845 g/mol. The first-order valence-electron chi connectivity index (χ1n) is 24.9. The molecular formula is C68H50N2. The van der Waals surface area contributed by atoms with Gasteiger partial charge in [0.15, 0.2) is 0 Å². The van der Waals surface area contributed by atoms with Gasteiger partial charge in [-0.05, 0) is 134 Å². The Balaban J connectivity index is 1.04. The minimum atomic E-state index is -0.692. The Bertz CT molecular complexity index is 3740. The summed E-state index contributed by atoms with van der Waals surface area (Å²) in [7, 11) is 0. The van der Waals surface area contributed by atoms with E-state index in [0.29, 0.717) is 0 Å². The van der Waals surface area contributed by atoms with Crippen LogP contribution in [0.1, 0.15) is 63.0 Å². The van der Waals surface area contributed by atoms with Crippen molar-refractivity contribution < 1.29 is 0 Å². The maximum atomic E-state index is 2.60. The maximum Gasteiger partial charge on any atom is 0.0728 e. The monoisotopic (exact) mass is 894 g/mol. The molecule has 0 amide bonds. The standard InChI is InChI=1S/C68H50N2/c1-5-22-47(23-6-1)48-40-42-52(43-41-48)70-63-38-19-14-31-55(63)56-45-44-53(46-65(56)70)69(51-28-11-4-12-29-51)64-39-20-18-36-61(64)67(49-24-7-2-8-25-49)59-34-16-17-35-60(59)68(50-26-9-3-10-27-50)58-33-15-13-30-54(58)57-32-21-37-62(67)66(57)68/h1-26,28-43,46,50H,27,44-45H2. The van der Waals surface area contributed by atoms with Crippen LogP contribution in [0.15, 0.2) is 261 Å². The topological polar surface area (TPSA) is 8.17 Å². The summed E-state index contributed by atoms with van der Waals surface area (Å²) in [5.41, 5.74) is 22.1. The quantitative estimate of drug-likeness (QED) is 0.148. The molecule has 0 aliphatic heterocycles. The summed E-state index contributed by atoms with van der Waals surface area (Å²) in [6.45, 7) is 0. The maximum absolute atomic E-state index is 2.60. The van der Waals surface area contributed by atoms with Crippen molar-refractivity contribution in [2.45, 2.75) is 30.1 Å². The third-order valence-corrected chi connectivity index (χ3v) is 16.0. The zero-order valence-corrected chi connectivity index (χ0v) is 38.9. The molecule has 3 atom stereocenters. The van der Waals surface area contributed by atoms with Gasteiger partial charge in [-0.3, -0.25) is 0 Å². The van der Waals surface area contributed by atoms with Gasteiger partial charge < -0.3 is 9.47 Å². The van der Waals surface area contributed by atoms with Crippen molar-refractivity contribution in [2.75, 3.05) is 4.90 Å². The van der Waals surface area contributed by atoms with Crippen molar-refractivity contribution in [2.24, 2.45) is 5.92 Å². The summed E-state index contributed by atoms with van der Waals surface area (Å²) in [5, 5.41) is 1.32. The fourth-order valence-electron chi connectivity index (χ4n) is 13.4. The number of benzene rings is 9. The minimum Gasteiger partial charge on any atom is -0.314 e.